The first-order valence-electron chi connectivity index (χ1n) is 6.18. The summed E-state index contributed by atoms with van der Waals surface area (Å²) in [5, 5.41) is 4.28. The average Bonchev–Trinajstić information content (AvgIpc) is 3.02. The van der Waals surface area contributed by atoms with Crippen LogP contribution in [0, 0.1) is 0 Å². The van der Waals surface area contributed by atoms with Crippen molar-refractivity contribution in [2.24, 2.45) is 0 Å². The first kappa shape index (κ1) is 12.1. The van der Waals surface area contributed by atoms with Gasteiger partial charge in [-0.15, -0.1) is 5.17 Å². The number of carbonyl (C=O) groups is 1. The second-order valence-corrected chi connectivity index (χ2v) is 4.17. The molecule has 3 rings (SSSR count). The van der Waals surface area contributed by atoms with Gasteiger partial charge >= 0.3 is 0 Å². The second kappa shape index (κ2) is 5.36. The highest BCUT2D eigenvalue weighted by Gasteiger charge is 2.18. The zero-order valence-corrected chi connectivity index (χ0v) is 10.6. The predicted octanol–water partition coefficient (Wildman–Crippen LogP) is 2.67. The fraction of sp³-hybridized carbons (Fsp3) is 0. The molecule has 100 valence electrons. The van der Waals surface area contributed by atoms with Crippen molar-refractivity contribution in [2.75, 3.05) is 10.5 Å². The van der Waals surface area contributed by atoms with Crippen molar-refractivity contribution in [1.29, 1.82) is 0 Å². The highest BCUT2D eigenvalue weighted by molar-refractivity contribution is 6.08. The summed E-state index contributed by atoms with van der Waals surface area (Å²) < 4.78 is 0. The molecule has 0 fully saturated rings. The van der Waals surface area contributed by atoms with Crippen molar-refractivity contribution in [2.45, 2.75) is 0 Å². The van der Waals surface area contributed by atoms with Crippen LogP contribution in [0.5, 0.6) is 0 Å². The van der Waals surface area contributed by atoms with Crippen LogP contribution in [0.15, 0.2) is 67.1 Å². The smallest absolute Gasteiger partial charge is 0.257 e. The third kappa shape index (κ3) is 2.42. The van der Waals surface area contributed by atoms with Crippen molar-refractivity contribution in [3.8, 4) is 0 Å². The molecule has 0 saturated heterocycles. The van der Waals surface area contributed by atoms with Crippen molar-refractivity contribution < 1.29 is 9.63 Å². The summed E-state index contributed by atoms with van der Waals surface area (Å²) in [6.07, 6.45) is 3.15. The number of amides is 1. The Labute approximate surface area is 116 Å². The normalized spacial score (nSPS) is 12.7. The number of hydrogen-bond donors (Lipinski definition) is 2. The van der Waals surface area contributed by atoms with E-state index >= 15 is 0 Å². The van der Waals surface area contributed by atoms with Crippen LogP contribution in [0.3, 0.4) is 0 Å². The lowest BCUT2D eigenvalue weighted by Crippen LogP contribution is -2.30. The van der Waals surface area contributed by atoms with Gasteiger partial charge in [-0.3, -0.25) is 10.2 Å². The highest BCUT2D eigenvalue weighted by atomic mass is 16.7. The fourth-order valence-corrected chi connectivity index (χ4v) is 1.91. The van der Waals surface area contributed by atoms with E-state index in [2.05, 4.69) is 10.7 Å². The summed E-state index contributed by atoms with van der Waals surface area (Å²) in [4.78, 5) is 17.6. The maximum absolute atomic E-state index is 12.4. The summed E-state index contributed by atoms with van der Waals surface area (Å²) in [6.45, 7) is 0. The average molecular weight is 267 g/mol. The third-order valence-corrected chi connectivity index (χ3v) is 2.83. The summed E-state index contributed by atoms with van der Waals surface area (Å²) >= 11 is 0. The molecular formula is C15H13N3O2. The van der Waals surface area contributed by atoms with Gasteiger partial charge in [-0.25, -0.2) is 0 Å². The molecule has 0 bridgehead atoms. The minimum atomic E-state index is -0.191. The van der Waals surface area contributed by atoms with E-state index in [1.807, 2.05) is 42.5 Å². The molecule has 0 atom stereocenters. The molecule has 0 aromatic heterocycles. The lowest BCUT2D eigenvalue weighted by Gasteiger charge is -2.19. The number of nitrogens with one attached hydrogen (secondary N) is 2. The van der Waals surface area contributed by atoms with Crippen LogP contribution in [0.4, 0.5) is 11.4 Å². The molecule has 0 saturated carbocycles. The van der Waals surface area contributed by atoms with Gasteiger partial charge in [0.15, 0.2) is 0 Å². The number of rotatable bonds is 3. The molecule has 1 aliphatic heterocycles. The summed E-state index contributed by atoms with van der Waals surface area (Å²) in [6, 6.07) is 16.5. The molecule has 1 heterocycles. The van der Waals surface area contributed by atoms with Crippen LogP contribution in [-0.2, 0) is 4.84 Å². The minimum Gasteiger partial charge on any atom is -0.366 e. The molecule has 2 aromatic rings. The first-order valence-corrected chi connectivity index (χ1v) is 6.18. The van der Waals surface area contributed by atoms with E-state index < -0.39 is 0 Å². The van der Waals surface area contributed by atoms with E-state index in [1.54, 1.807) is 18.3 Å². The SMILES string of the molecule is O=C(Nc1ccccc1)c1ccccc1N1NC=CO1. The zero-order chi connectivity index (χ0) is 13.8. The van der Waals surface area contributed by atoms with Gasteiger partial charge in [-0.2, -0.15) is 0 Å². The Kier molecular flexibility index (Phi) is 3.24. The lowest BCUT2D eigenvalue weighted by atomic mass is 10.1. The van der Waals surface area contributed by atoms with Gasteiger partial charge in [0.05, 0.1) is 11.8 Å². The molecule has 20 heavy (non-hydrogen) atoms. The van der Waals surface area contributed by atoms with E-state index in [0.29, 0.717) is 11.3 Å². The maximum Gasteiger partial charge on any atom is 0.257 e. The minimum absolute atomic E-state index is 0.191. The van der Waals surface area contributed by atoms with Crippen LogP contribution >= 0.6 is 0 Å². The first-order chi connectivity index (χ1) is 9.84. The molecule has 0 spiro atoms. The Bertz CT molecular complexity index is 633. The number of carbonyl (C=O) groups excluding carboxylic acids is 1. The van der Waals surface area contributed by atoms with Crippen molar-refractivity contribution in [3.63, 3.8) is 0 Å². The van der Waals surface area contributed by atoms with Crippen LogP contribution < -0.4 is 15.9 Å². The Balaban J connectivity index is 1.84. The third-order valence-electron chi connectivity index (χ3n) is 2.83. The number of hydrogen-bond acceptors (Lipinski definition) is 4. The number of para-hydroxylation sites is 2. The highest BCUT2D eigenvalue weighted by Crippen LogP contribution is 2.22. The largest absolute Gasteiger partial charge is 0.366 e. The van der Waals surface area contributed by atoms with Gasteiger partial charge in [0.25, 0.3) is 5.91 Å². The Morgan fingerprint density at radius 2 is 1.80 bits per heavy atom. The molecule has 0 aliphatic carbocycles. The summed E-state index contributed by atoms with van der Waals surface area (Å²) in [5.41, 5.74) is 4.80. The molecule has 1 amide bonds. The lowest BCUT2D eigenvalue weighted by molar-refractivity contribution is 0.102. The van der Waals surface area contributed by atoms with Crippen molar-refractivity contribution in [3.05, 3.63) is 72.6 Å². The van der Waals surface area contributed by atoms with Crippen molar-refractivity contribution >= 4 is 17.3 Å². The van der Waals surface area contributed by atoms with E-state index in [0.717, 1.165) is 5.69 Å². The van der Waals surface area contributed by atoms with Gasteiger partial charge in [-0.05, 0) is 24.3 Å². The zero-order valence-electron chi connectivity index (χ0n) is 10.6. The van der Waals surface area contributed by atoms with E-state index in [-0.39, 0.29) is 5.91 Å². The number of hydrazine groups is 1. The van der Waals surface area contributed by atoms with Gasteiger partial charge in [0.2, 0.25) is 0 Å². The molecule has 2 N–H and O–H groups in total. The Morgan fingerprint density at radius 1 is 1.05 bits per heavy atom. The Morgan fingerprint density at radius 3 is 2.55 bits per heavy atom. The monoisotopic (exact) mass is 267 g/mol. The van der Waals surface area contributed by atoms with Crippen LogP contribution in [-0.4, -0.2) is 5.91 Å². The fourth-order valence-electron chi connectivity index (χ4n) is 1.91. The topological polar surface area (TPSA) is 53.6 Å². The number of benzene rings is 2. The molecular weight excluding hydrogens is 254 g/mol. The summed E-state index contributed by atoms with van der Waals surface area (Å²) in [7, 11) is 0. The van der Waals surface area contributed by atoms with Crippen LogP contribution in [0.1, 0.15) is 10.4 Å². The molecule has 5 nitrogen and oxygen atoms in total. The van der Waals surface area contributed by atoms with Crippen LogP contribution in [0.25, 0.3) is 0 Å². The van der Waals surface area contributed by atoms with Crippen molar-refractivity contribution in [1.82, 2.24) is 5.43 Å². The molecule has 5 heteroatoms. The van der Waals surface area contributed by atoms with E-state index in [4.69, 9.17) is 4.84 Å². The van der Waals surface area contributed by atoms with Gasteiger partial charge < -0.3 is 10.2 Å². The maximum atomic E-state index is 12.4. The Hall–Kier alpha value is -2.95. The van der Waals surface area contributed by atoms with E-state index in [1.165, 1.54) is 11.4 Å². The number of anilines is 2. The molecule has 0 unspecified atom stereocenters. The number of nitrogens with zero attached hydrogens (tertiary/aromatic N) is 1. The van der Waals surface area contributed by atoms with Gasteiger partial charge in [0.1, 0.15) is 11.9 Å². The van der Waals surface area contributed by atoms with E-state index in [9.17, 15) is 4.79 Å². The second-order valence-electron chi connectivity index (χ2n) is 4.17. The van der Waals surface area contributed by atoms with Gasteiger partial charge in [0, 0.05) is 5.69 Å². The summed E-state index contributed by atoms with van der Waals surface area (Å²) in [5.74, 6) is -0.191. The standard InChI is InChI=1S/C15H13N3O2/c19-15(17-12-6-2-1-3-7-12)13-8-4-5-9-14(13)18-16-10-11-20-18/h1-11,16H,(H,17,19). The quantitative estimate of drug-likeness (QED) is 0.897. The molecule has 2 aromatic carbocycles. The van der Waals surface area contributed by atoms with Gasteiger partial charge in [-0.1, -0.05) is 30.3 Å². The molecule has 0 radical (unpaired) electrons. The van der Waals surface area contributed by atoms with Crippen LogP contribution in [0.2, 0.25) is 0 Å². The predicted molar refractivity (Wildman–Crippen MR) is 76.7 cm³/mol. The molecule has 1 aliphatic rings.